The van der Waals surface area contributed by atoms with E-state index in [4.69, 9.17) is 4.74 Å². The van der Waals surface area contributed by atoms with E-state index in [0.29, 0.717) is 12.3 Å². The molecule has 0 saturated carbocycles. The van der Waals surface area contributed by atoms with E-state index in [1.54, 1.807) is 7.11 Å². The van der Waals surface area contributed by atoms with Crippen molar-refractivity contribution in [2.45, 2.75) is 85.0 Å². The Balaban J connectivity index is 2.18. The van der Waals surface area contributed by atoms with E-state index in [-0.39, 0.29) is 41.9 Å². The standard InChI is InChI=1S/C25H39NO4/c1-14(2)10-19-23-17(5)16(4)12-18-11-15(3)8-7-9-20(27)21(30-6)13-22(28)25(18,23)24(29)26-19/h11-12,14,17-21,23,27H,7-10,13H2,1-6H3,(H,26,29)/b15-11-/t17-,18+,19-,20-,21-,23+,25+/m1/s1. The molecule has 168 valence electrons. The third-order valence-corrected chi connectivity index (χ3v) is 7.72. The molecule has 7 atom stereocenters. The second-order valence-corrected chi connectivity index (χ2v) is 10.2. The van der Waals surface area contributed by atoms with E-state index in [1.165, 1.54) is 11.1 Å². The van der Waals surface area contributed by atoms with Gasteiger partial charge in [0, 0.05) is 31.4 Å². The second-order valence-electron chi connectivity index (χ2n) is 10.2. The molecule has 30 heavy (non-hydrogen) atoms. The van der Waals surface area contributed by atoms with Crippen LogP contribution in [-0.4, -0.2) is 42.2 Å². The first-order valence-electron chi connectivity index (χ1n) is 11.5. The zero-order valence-electron chi connectivity index (χ0n) is 19.4. The van der Waals surface area contributed by atoms with E-state index < -0.39 is 17.6 Å². The summed E-state index contributed by atoms with van der Waals surface area (Å²) in [5, 5.41) is 13.9. The lowest BCUT2D eigenvalue weighted by Crippen LogP contribution is -2.53. The Bertz CT molecular complexity index is 739. The number of rotatable bonds is 3. The Morgan fingerprint density at radius 3 is 2.60 bits per heavy atom. The van der Waals surface area contributed by atoms with Crippen LogP contribution in [0.4, 0.5) is 0 Å². The number of hydrogen-bond donors (Lipinski definition) is 2. The average molecular weight is 418 g/mol. The Hall–Kier alpha value is -1.46. The SMILES string of the molecule is CO[C@@H]1CC(=O)[C@]23C(=O)N[C@H](CC(C)C)[C@@H]2[C@H](C)C(C)=C[C@@H]3/C=C(/C)CCC[C@H]1O. The maximum absolute atomic E-state index is 14.0. The molecule has 0 unspecified atom stereocenters. The van der Waals surface area contributed by atoms with Gasteiger partial charge in [-0.1, -0.05) is 44.1 Å². The molecule has 3 aliphatic rings. The number of methoxy groups -OCH3 is 1. The number of allylic oxidation sites excluding steroid dienone is 4. The summed E-state index contributed by atoms with van der Waals surface area (Å²) < 4.78 is 5.54. The van der Waals surface area contributed by atoms with Gasteiger partial charge >= 0.3 is 0 Å². The average Bonchev–Trinajstić information content (AvgIpc) is 2.94. The van der Waals surface area contributed by atoms with Crippen LogP contribution in [0.2, 0.25) is 0 Å². The highest BCUT2D eigenvalue weighted by Gasteiger charge is 2.65. The smallest absolute Gasteiger partial charge is 0.235 e. The fourth-order valence-corrected chi connectivity index (χ4v) is 6.10. The van der Waals surface area contributed by atoms with E-state index in [1.807, 2.05) is 0 Å². The first kappa shape index (κ1) is 23.2. The van der Waals surface area contributed by atoms with Crippen molar-refractivity contribution in [1.82, 2.24) is 5.32 Å². The Kier molecular flexibility index (Phi) is 6.93. The summed E-state index contributed by atoms with van der Waals surface area (Å²) in [6, 6.07) is -0.0210. The molecule has 1 fully saturated rings. The predicted molar refractivity (Wildman–Crippen MR) is 118 cm³/mol. The molecule has 0 aromatic heterocycles. The molecule has 0 radical (unpaired) electrons. The maximum atomic E-state index is 14.0. The molecule has 5 nitrogen and oxygen atoms in total. The Morgan fingerprint density at radius 2 is 1.97 bits per heavy atom. The molecule has 1 saturated heterocycles. The van der Waals surface area contributed by atoms with Crippen LogP contribution in [0.1, 0.15) is 66.7 Å². The van der Waals surface area contributed by atoms with Gasteiger partial charge in [-0.05, 0) is 51.4 Å². The molecule has 2 N–H and O–H groups in total. The number of aliphatic hydroxyl groups is 1. The van der Waals surface area contributed by atoms with E-state index in [0.717, 1.165) is 19.3 Å². The number of nitrogens with one attached hydrogen (secondary N) is 1. The molecule has 0 bridgehead atoms. The summed E-state index contributed by atoms with van der Waals surface area (Å²) in [7, 11) is 1.54. The molecule has 0 aromatic rings. The number of carbonyl (C=O) groups excluding carboxylic acids is 2. The zero-order chi connectivity index (χ0) is 22.2. The van der Waals surface area contributed by atoms with Gasteiger partial charge in [-0.2, -0.15) is 0 Å². The van der Waals surface area contributed by atoms with Crippen LogP contribution in [0.25, 0.3) is 0 Å². The van der Waals surface area contributed by atoms with Crippen LogP contribution in [0.15, 0.2) is 23.3 Å². The number of ether oxygens (including phenoxy) is 1. The molecule has 1 aliphatic heterocycles. The lowest BCUT2D eigenvalue weighted by molar-refractivity contribution is -0.148. The van der Waals surface area contributed by atoms with Crippen molar-refractivity contribution in [2.75, 3.05) is 7.11 Å². The number of ketones is 1. The van der Waals surface area contributed by atoms with E-state index in [2.05, 4.69) is 52.1 Å². The van der Waals surface area contributed by atoms with Crippen molar-refractivity contribution in [3.05, 3.63) is 23.3 Å². The van der Waals surface area contributed by atoms with Gasteiger partial charge in [-0.25, -0.2) is 0 Å². The van der Waals surface area contributed by atoms with Crippen molar-refractivity contribution < 1.29 is 19.4 Å². The first-order chi connectivity index (χ1) is 14.1. The number of Topliss-reactive ketones (excluding diaryl/α,β-unsaturated/α-hetero) is 1. The van der Waals surface area contributed by atoms with Gasteiger partial charge in [0.15, 0.2) is 5.78 Å². The number of aliphatic hydroxyl groups excluding tert-OH is 1. The summed E-state index contributed by atoms with van der Waals surface area (Å²) in [6.07, 6.45) is 6.21. The third-order valence-electron chi connectivity index (χ3n) is 7.72. The van der Waals surface area contributed by atoms with E-state index >= 15 is 0 Å². The maximum Gasteiger partial charge on any atom is 0.235 e. The lowest BCUT2D eigenvalue weighted by Gasteiger charge is -2.45. The predicted octanol–water partition coefficient (Wildman–Crippen LogP) is 3.81. The summed E-state index contributed by atoms with van der Waals surface area (Å²) in [4.78, 5) is 27.6. The number of hydrogen-bond acceptors (Lipinski definition) is 4. The van der Waals surface area contributed by atoms with Crippen molar-refractivity contribution in [3.63, 3.8) is 0 Å². The lowest BCUT2D eigenvalue weighted by atomic mass is 9.54. The second kappa shape index (κ2) is 8.96. The molecule has 0 aromatic carbocycles. The molecule has 1 heterocycles. The molecule has 1 spiro atoms. The molecule has 3 rings (SSSR count). The van der Waals surface area contributed by atoms with Crippen LogP contribution in [0, 0.1) is 29.1 Å². The van der Waals surface area contributed by atoms with Gasteiger partial charge in [-0.15, -0.1) is 0 Å². The Labute approximate surface area is 181 Å². The largest absolute Gasteiger partial charge is 0.390 e. The molecule has 5 heteroatoms. The third kappa shape index (κ3) is 3.91. The fourth-order valence-electron chi connectivity index (χ4n) is 6.10. The van der Waals surface area contributed by atoms with Gasteiger partial charge in [0.1, 0.15) is 5.41 Å². The normalized spacial score (nSPS) is 41.9. The van der Waals surface area contributed by atoms with Crippen LogP contribution in [0.5, 0.6) is 0 Å². The number of amides is 1. The Morgan fingerprint density at radius 1 is 1.27 bits per heavy atom. The first-order valence-corrected chi connectivity index (χ1v) is 11.5. The number of carbonyl (C=O) groups is 2. The van der Waals surface area contributed by atoms with Gasteiger partial charge in [0.05, 0.1) is 12.2 Å². The van der Waals surface area contributed by atoms with Gasteiger partial charge in [-0.3, -0.25) is 9.59 Å². The minimum Gasteiger partial charge on any atom is -0.390 e. The highest BCUT2D eigenvalue weighted by atomic mass is 16.5. The summed E-state index contributed by atoms with van der Waals surface area (Å²) in [5.74, 6) is -0.0146. The quantitative estimate of drug-likeness (QED) is 0.541. The van der Waals surface area contributed by atoms with Crippen molar-refractivity contribution in [2.24, 2.45) is 29.1 Å². The summed E-state index contributed by atoms with van der Waals surface area (Å²) >= 11 is 0. The van der Waals surface area contributed by atoms with Gasteiger partial charge in [0.25, 0.3) is 0 Å². The summed E-state index contributed by atoms with van der Waals surface area (Å²) in [5.41, 5.74) is 1.30. The van der Waals surface area contributed by atoms with Crippen LogP contribution in [0.3, 0.4) is 0 Å². The van der Waals surface area contributed by atoms with Crippen molar-refractivity contribution >= 4 is 11.7 Å². The highest BCUT2D eigenvalue weighted by Crippen LogP contribution is 2.55. The van der Waals surface area contributed by atoms with E-state index in [9.17, 15) is 14.7 Å². The minimum atomic E-state index is -1.12. The molecular formula is C25H39NO4. The van der Waals surface area contributed by atoms with Crippen LogP contribution < -0.4 is 5.32 Å². The zero-order valence-corrected chi connectivity index (χ0v) is 19.4. The van der Waals surface area contributed by atoms with Gasteiger partial charge < -0.3 is 15.2 Å². The topological polar surface area (TPSA) is 75.6 Å². The molecular weight excluding hydrogens is 378 g/mol. The minimum absolute atomic E-state index is 0.0210. The van der Waals surface area contributed by atoms with Crippen LogP contribution in [-0.2, 0) is 14.3 Å². The fraction of sp³-hybridized carbons (Fsp3) is 0.760. The van der Waals surface area contributed by atoms with Crippen LogP contribution >= 0.6 is 0 Å². The van der Waals surface area contributed by atoms with Crippen molar-refractivity contribution in [1.29, 1.82) is 0 Å². The monoisotopic (exact) mass is 417 g/mol. The molecule has 1 amide bonds. The highest BCUT2D eigenvalue weighted by molar-refractivity contribution is 6.09. The summed E-state index contributed by atoms with van der Waals surface area (Å²) in [6.45, 7) is 10.7. The van der Waals surface area contributed by atoms with Crippen molar-refractivity contribution in [3.8, 4) is 0 Å². The molecule has 2 aliphatic carbocycles. The van der Waals surface area contributed by atoms with Gasteiger partial charge in [0.2, 0.25) is 5.91 Å².